The van der Waals surface area contributed by atoms with Crippen molar-refractivity contribution in [3.05, 3.63) is 41.4 Å². The molecule has 1 aliphatic carbocycles. The van der Waals surface area contributed by atoms with Gasteiger partial charge in [0.15, 0.2) is 0 Å². The molecule has 0 radical (unpaired) electrons. The summed E-state index contributed by atoms with van der Waals surface area (Å²) in [6.07, 6.45) is 3.38. The zero-order valence-corrected chi connectivity index (χ0v) is 21.0. The van der Waals surface area contributed by atoms with Crippen molar-refractivity contribution in [3.8, 4) is 0 Å². The van der Waals surface area contributed by atoms with E-state index in [4.69, 9.17) is 17.0 Å². The maximum absolute atomic E-state index is 13.2. The molecule has 2 aromatic carbocycles. The Bertz CT molecular complexity index is 1130. The van der Waals surface area contributed by atoms with E-state index < -0.39 is 10.0 Å². The number of nitrogens with zero attached hydrogens (tertiary/aromatic N) is 2. The smallest absolute Gasteiger partial charge is 0.243 e. The topological polar surface area (TPSA) is 93.6 Å². The molecule has 2 fully saturated rings. The zero-order chi connectivity index (χ0) is 22.9. The molecule has 0 spiro atoms. The molecule has 10 heteroatoms. The van der Waals surface area contributed by atoms with E-state index in [1.54, 1.807) is 31.2 Å². The van der Waals surface area contributed by atoms with Crippen molar-refractivity contribution in [2.75, 3.05) is 26.2 Å². The highest BCUT2D eigenvalue weighted by Crippen LogP contribution is 2.28. The first-order valence-electron chi connectivity index (χ1n) is 11.0. The first kappa shape index (κ1) is 25.7. The lowest BCUT2D eigenvalue weighted by atomic mass is 9.85. The van der Waals surface area contributed by atoms with Gasteiger partial charge in [0.05, 0.1) is 10.7 Å². The largest absolute Gasteiger partial charge is 0.372 e. The maximum Gasteiger partial charge on any atom is 0.243 e. The summed E-state index contributed by atoms with van der Waals surface area (Å²) in [5.41, 5.74) is 0. The van der Waals surface area contributed by atoms with Crippen molar-refractivity contribution < 1.29 is 13.2 Å². The van der Waals surface area contributed by atoms with Crippen LogP contribution >= 0.6 is 24.0 Å². The van der Waals surface area contributed by atoms with Gasteiger partial charge >= 0.3 is 0 Å². The quantitative estimate of drug-likeness (QED) is 0.479. The highest BCUT2D eigenvalue weighted by Gasteiger charge is 2.34. The Labute approximate surface area is 206 Å². The summed E-state index contributed by atoms with van der Waals surface area (Å²) in [5.74, 6) is 0.594. The molecular weight excluding hydrogens is 483 g/mol. The average molecular weight is 513 g/mol. The monoisotopic (exact) mass is 512 g/mol. The number of carbonyl (C=O) groups is 1. The summed E-state index contributed by atoms with van der Waals surface area (Å²) in [6, 6.07) is 10.7. The van der Waals surface area contributed by atoms with Gasteiger partial charge < -0.3 is 10.2 Å². The van der Waals surface area contributed by atoms with Gasteiger partial charge in [0, 0.05) is 43.2 Å². The second-order valence-electron chi connectivity index (χ2n) is 8.70. The number of hydrogen-bond donors (Lipinski definition) is 2. The minimum atomic E-state index is -3.62. The number of amidine groups is 1. The lowest BCUT2D eigenvalue weighted by Crippen LogP contribution is -2.52. The molecule has 1 aliphatic heterocycles. The molecular formula is C23H30Cl2N4O3S. The Morgan fingerprint density at radius 1 is 1.00 bits per heavy atom. The molecule has 33 heavy (non-hydrogen) atoms. The number of nitrogens with one attached hydrogen (secondary N) is 2. The fourth-order valence-electron chi connectivity index (χ4n) is 4.70. The van der Waals surface area contributed by atoms with E-state index in [-0.39, 0.29) is 35.2 Å². The molecule has 0 aromatic heterocycles. The van der Waals surface area contributed by atoms with E-state index in [9.17, 15) is 13.2 Å². The van der Waals surface area contributed by atoms with Crippen LogP contribution in [0.4, 0.5) is 0 Å². The Kier molecular flexibility index (Phi) is 8.26. The third kappa shape index (κ3) is 5.80. The van der Waals surface area contributed by atoms with Gasteiger partial charge in [-0.15, -0.1) is 12.4 Å². The number of benzene rings is 2. The van der Waals surface area contributed by atoms with E-state index in [1.807, 2.05) is 17.0 Å². The van der Waals surface area contributed by atoms with Gasteiger partial charge in [0.1, 0.15) is 0 Å². The fraction of sp³-hybridized carbons (Fsp3) is 0.478. The highest BCUT2D eigenvalue weighted by atomic mass is 35.5. The summed E-state index contributed by atoms with van der Waals surface area (Å²) >= 11 is 6.02. The number of carbonyl (C=O) groups excluding carboxylic acids is 1. The predicted molar refractivity (Wildman–Crippen MR) is 134 cm³/mol. The molecule has 2 N–H and O–H groups in total. The van der Waals surface area contributed by atoms with Crippen LogP contribution in [0, 0.1) is 11.3 Å². The first-order valence-corrected chi connectivity index (χ1v) is 12.9. The van der Waals surface area contributed by atoms with Crippen LogP contribution < -0.4 is 5.32 Å². The third-order valence-electron chi connectivity index (χ3n) is 6.46. The Balaban J connectivity index is 0.00000306. The van der Waals surface area contributed by atoms with Gasteiger partial charge in [-0.1, -0.05) is 23.7 Å². The number of halogens is 2. The minimum Gasteiger partial charge on any atom is -0.372 e. The van der Waals surface area contributed by atoms with Gasteiger partial charge in [0.2, 0.25) is 15.9 Å². The molecule has 0 unspecified atom stereocenters. The van der Waals surface area contributed by atoms with Gasteiger partial charge in [-0.05, 0) is 67.6 Å². The average Bonchev–Trinajstić information content (AvgIpc) is 2.78. The second-order valence-corrected chi connectivity index (χ2v) is 11.1. The number of hydrogen-bond acceptors (Lipinski definition) is 4. The van der Waals surface area contributed by atoms with E-state index in [2.05, 4.69) is 5.32 Å². The summed E-state index contributed by atoms with van der Waals surface area (Å²) in [5, 5.41) is 13.0. The molecule has 1 saturated carbocycles. The molecule has 2 aromatic rings. The van der Waals surface area contributed by atoms with Gasteiger partial charge in [-0.2, -0.15) is 4.31 Å². The van der Waals surface area contributed by atoms with Crippen LogP contribution in [0.15, 0.2) is 41.3 Å². The van der Waals surface area contributed by atoms with E-state index in [0.29, 0.717) is 37.0 Å². The van der Waals surface area contributed by atoms with E-state index in [0.717, 1.165) is 36.5 Å². The number of sulfonamides is 1. The van der Waals surface area contributed by atoms with Crippen molar-refractivity contribution in [1.29, 1.82) is 5.41 Å². The second kappa shape index (κ2) is 10.6. The van der Waals surface area contributed by atoms with Crippen molar-refractivity contribution >= 4 is 56.5 Å². The Morgan fingerprint density at radius 3 is 2.24 bits per heavy atom. The summed E-state index contributed by atoms with van der Waals surface area (Å²) in [4.78, 5) is 15.0. The van der Waals surface area contributed by atoms with Crippen LogP contribution in [-0.2, 0) is 14.8 Å². The summed E-state index contributed by atoms with van der Waals surface area (Å²) in [7, 11) is -3.62. The van der Waals surface area contributed by atoms with Gasteiger partial charge in [-0.3, -0.25) is 10.2 Å². The van der Waals surface area contributed by atoms with Crippen LogP contribution in [-0.4, -0.2) is 61.6 Å². The van der Waals surface area contributed by atoms with Crippen LogP contribution in [0.5, 0.6) is 0 Å². The Morgan fingerprint density at radius 2 is 1.61 bits per heavy atom. The summed E-state index contributed by atoms with van der Waals surface area (Å²) in [6.45, 7) is 3.17. The van der Waals surface area contributed by atoms with Crippen molar-refractivity contribution in [2.24, 2.45) is 5.92 Å². The molecule has 4 rings (SSSR count). The molecule has 0 bridgehead atoms. The molecule has 1 amide bonds. The molecule has 2 aliphatic rings. The highest BCUT2D eigenvalue weighted by molar-refractivity contribution is 7.89. The third-order valence-corrected chi connectivity index (χ3v) is 8.59. The van der Waals surface area contributed by atoms with Gasteiger partial charge in [-0.25, -0.2) is 8.42 Å². The SMILES string of the molecule is CC(=N)N[C@H]1CC[C@H](C(=O)N2CCN(S(=O)(=O)c3ccc4cc(Cl)ccc4c3)CC2)CC1.Cl. The number of amides is 1. The lowest BCUT2D eigenvalue weighted by molar-refractivity contribution is -0.137. The van der Waals surface area contributed by atoms with Crippen LogP contribution in [0.25, 0.3) is 10.8 Å². The fourth-order valence-corrected chi connectivity index (χ4v) is 6.34. The van der Waals surface area contributed by atoms with Crippen molar-refractivity contribution in [3.63, 3.8) is 0 Å². The maximum atomic E-state index is 13.2. The van der Waals surface area contributed by atoms with Crippen molar-refractivity contribution in [2.45, 2.75) is 43.5 Å². The molecule has 0 atom stereocenters. The molecule has 7 nitrogen and oxygen atoms in total. The number of rotatable bonds is 4. The molecule has 1 saturated heterocycles. The zero-order valence-electron chi connectivity index (χ0n) is 18.6. The van der Waals surface area contributed by atoms with E-state index >= 15 is 0 Å². The van der Waals surface area contributed by atoms with Crippen molar-refractivity contribution in [1.82, 2.24) is 14.5 Å². The van der Waals surface area contributed by atoms with Crippen LogP contribution in [0.1, 0.15) is 32.6 Å². The van der Waals surface area contributed by atoms with Gasteiger partial charge in [0.25, 0.3) is 0 Å². The predicted octanol–water partition coefficient (Wildman–Crippen LogP) is 3.89. The number of piperazine rings is 1. The van der Waals surface area contributed by atoms with Crippen LogP contribution in [0.3, 0.4) is 0 Å². The Hall–Kier alpha value is -1.87. The molecule has 180 valence electrons. The summed E-state index contributed by atoms with van der Waals surface area (Å²) < 4.78 is 27.8. The number of fused-ring (bicyclic) bond motifs is 1. The minimum absolute atomic E-state index is 0. The lowest BCUT2D eigenvalue weighted by Gasteiger charge is -2.37. The van der Waals surface area contributed by atoms with Crippen LogP contribution in [0.2, 0.25) is 5.02 Å². The molecule has 1 heterocycles. The first-order chi connectivity index (χ1) is 15.2. The van der Waals surface area contributed by atoms with E-state index in [1.165, 1.54) is 4.31 Å². The normalized spacial score (nSPS) is 21.9. The standard InChI is InChI=1S/C23H29ClN4O3S.ClH/c1-16(25)26-21-7-3-17(4-8-21)23(29)27-10-12-28(13-11-27)32(30,31)22-9-5-18-14-20(24)6-2-19(18)15-22;/h2,5-6,9,14-15,17,21H,3-4,7-8,10-13H2,1H3,(H2,25,26);1H/t17-,21-;.